The molecule has 1 aliphatic rings. The first-order chi connectivity index (χ1) is 15.1. The number of hydrogen-bond acceptors (Lipinski definition) is 7. The van der Waals surface area contributed by atoms with Gasteiger partial charge in [-0.05, 0) is 50.1 Å². The molecule has 11 heteroatoms. The molecule has 1 fully saturated rings. The van der Waals surface area contributed by atoms with Crippen molar-refractivity contribution in [2.24, 2.45) is 0 Å². The van der Waals surface area contributed by atoms with E-state index in [0.717, 1.165) is 31.5 Å². The number of phenols is 1. The van der Waals surface area contributed by atoms with Crippen LogP contribution in [0.25, 0.3) is 11.3 Å². The number of aliphatic carboxylic acids is 1. The molecule has 2 heterocycles. The molecular weight excluding hydrogens is 427 g/mol. The van der Waals surface area contributed by atoms with Gasteiger partial charge in [0.15, 0.2) is 5.82 Å². The zero-order valence-electron chi connectivity index (χ0n) is 17.3. The SMILES string of the molecule is Cc1c(-c2ccc(C(F)(F)F)cc2O)nnc(NC2CCCN(CCC(=O)O)C2)c1C#N. The summed E-state index contributed by atoms with van der Waals surface area (Å²) in [4.78, 5) is 12.8. The van der Waals surface area contributed by atoms with Crippen LogP contribution in [0.4, 0.5) is 19.0 Å². The van der Waals surface area contributed by atoms with Crippen molar-refractivity contribution >= 4 is 11.8 Å². The number of carbonyl (C=O) groups is 1. The van der Waals surface area contributed by atoms with Crippen molar-refractivity contribution in [3.8, 4) is 23.1 Å². The number of nitriles is 1. The Balaban J connectivity index is 1.83. The Hall–Kier alpha value is -3.39. The van der Waals surface area contributed by atoms with Gasteiger partial charge < -0.3 is 20.4 Å². The molecule has 1 aromatic heterocycles. The minimum atomic E-state index is -4.60. The molecule has 1 aromatic carbocycles. The Morgan fingerprint density at radius 3 is 2.75 bits per heavy atom. The third-order valence-electron chi connectivity index (χ3n) is 5.40. The number of nitrogens with zero attached hydrogens (tertiary/aromatic N) is 4. The van der Waals surface area contributed by atoms with E-state index in [-0.39, 0.29) is 35.1 Å². The van der Waals surface area contributed by atoms with Crippen LogP contribution in [0.15, 0.2) is 18.2 Å². The minimum Gasteiger partial charge on any atom is -0.507 e. The number of carboxylic acid groups (broad SMARTS) is 1. The van der Waals surface area contributed by atoms with Gasteiger partial charge in [-0.25, -0.2) is 0 Å². The molecule has 8 nitrogen and oxygen atoms in total. The zero-order valence-corrected chi connectivity index (χ0v) is 17.3. The zero-order chi connectivity index (χ0) is 23.5. The van der Waals surface area contributed by atoms with Crippen molar-refractivity contribution in [3.05, 3.63) is 34.9 Å². The Bertz CT molecular complexity index is 1050. The van der Waals surface area contributed by atoms with Gasteiger partial charge in [0.05, 0.1) is 12.0 Å². The second kappa shape index (κ2) is 9.40. The number of nitrogens with one attached hydrogen (secondary N) is 1. The summed E-state index contributed by atoms with van der Waals surface area (Å²) in [6.07, 6.45) is -2.90. The number of carboxylic acids is 1. The molecule has 1 unspecified atom stereocenters. The second-order valence-electron chi connectivity index (χ2n) is 7.67. The van der Waals surface area contributed by atoms with E-state index in [1.54, 1.807) is 6.92 Å². The van der Waals surface area contributed by atoms with Crippen LogP contribution in [-0.2, 0) is 11.0 Å². The topological polar surface area (TPSA) is 122 Å². The van der Waals surface area contributed by atoms with Crippen LogP contribution in [0.1, 0.15) is 36.0 Å². The number of alkyl halides is 3. The lowest BCUT2D eigenvalue weighted by atomic mass is 10.0. The van der Waals surface area contributed by atoms with Crippen LogP contribution in [0.2, 0.25) is 0 Å². The first-order valence-corrected chi connectivity index (χ1v) is 9.98. The molecule has 3 rings (SSSR count). The van der Waals surface area contributed by atoms with Gasteiger partial charge >= 0.3 is 12.1 Å². The molecule has 1 saturated heterocycles. The highest BCUT2D eigenvalue weighted by molar-refractivity contribution is 5.74. The summed E-state index contributed by atoms with van der Waals surface area (Å²) in [6, 6.07) is 4.54. The fraction of sp³-hybridized carbons (Fsp3) is 0.429. The summed E-state index contributed by atoms with van der Waals surface area (Å²) in [5.74, 6) is -1.23. The third-order valence-corrected chi connectivity index (χ3v) is 5.40. The van der Waals surface area contributed by atoms with E-state index in [0.29, 0.717) is 24.7 Å². The van der Waals surface area contributed by atoms with E-state index in [9.17, 15) is 28.3 Å². The predicted molar refractivity (Wildman–Crippen MR) is 109 cm³/mol. The largest absolute Gasteiger partial charge is 0.507 e. The van der Waals surface area contributed by atoms with E-state index < -0.39 is 23.5 Å². The molecule has 0 saturated carbocycles. The molecule has 1 atom stereocenters. The number of anilines is 1. The van der Waals surface area contributed by atoms with E-state index in [4.69, 9.17) is 5.11 Å². The van der Waals surface area contributed by atoms with Crippen molar-refractivity contribution < 1.29 is 28.2 Å². The van der Waals surface area contributed by atoms with Gasteiger partial charge in [-0.1, -0.05) is 0 Å². The van der Waals surface area contributed by atoms with Crippen molar-refractivity contribution in [3.63, 3.8) is 0 Å². The lowest BCUT2D eigenvalue weighted by Crippen LogP contribution is -2.43. The quantitative estimate of drug-likeness (QED) is 0.613. The van der Waals surface area contributed by atoms with E-state index in [2.05, 4.69) is 21.6 Å². The van der Waals surface area contributed by atoms with Crippen LogP contribution in [0.5, 0.6) is 5.75 Å². The number of benzene rings is 1. The van der Waals surface area contributed by atoms with Crippen molar-refractivity contribution in [1.82, 2.24) is 15.1 Å². The van der Waals surface area contributed by atoms with Gasteiger partial charge in [0.2, 0.25) is 0 Å². The van der Waals surface area contributed by atoms with Gasteiger partial charge in [-0.2, -0.15) is 18.4 Å². The minimum absolute atomic E-state index is 0.0421. The average Bonchev–Trinajstić information content (AvgIpc) is 2.73. The number of aromatic hydroxyl groups is 1. The summed E-state index contributed by atoms with van der Waals surface area (Å²) in [6.45, 7) is 3.38. The third kappa shape index (κ3) is 5.26. The van der Waals surface area contributed by atoms with Crippen LogP contribution in [0, 0.1) is 18.3 Å². The van der Waals surface area contributed by atoms with E-state index in [1.807, 2.05) is 4.90 Å². The maximum Gasteiger partial charge on any atom is 0.416 e. The Morgan fingerprint density at radius 1 is 1.38 bits per heavy atom. The molecule has 32 heavy (non-hydrogen) atoms. The molecule has 3 N–H and O–H groups in total. The highest BCUT2D eigenvalue weighted by atomic mass is 19.4. The van der Waals surface area contributed by atoms with E-state index in [1.165, 1.54) is 0 Å². The van der Waals surface area contributed by atoms with Crippen molar-refractivity contribution in [1.29, 1.82) is 5.26 Å². The first-order valence-electron chi connectivity index (χ1n) is 9.98. The monoisotopic (exact) mass is 449 g/mol. The maximum atomic E-state index is 12.9. The fourth-order valence-electron chi connectivity index (χ4n) is 3.75. The van der Waals surface area contributed by atoms with Crippen molar-refractivity contribution in [2.45, 2.75) is 38.4 Å². The van der Waals surface area contributed by atoms with Crippen molar-refractivity contribution in [2.75, 3.05) is 25.0 Å². The molecular formula is C21H22F3N5O3. The fourth-order valence-corrected chi connectivity index (χ4v) is 3.75. The number of halogens is 3. The number of aromatic nitrogens is 2. The molecule has 170 valence electrons. The second-order valence-corrected chi connectivity index (χ2v) is 7.67. The molecule has 0 spiro atoms. The highest BCUT2D eigenvalue weighted by Gasteiger charge is 2.31. The summed E-state index contributed by atoms with van der Waals surface area (Å²) in [5.41, 5.74) is -0.280. The number of piperidine rings is 1. The smallest absolute Gasteiger partial charge is 0.416 e. The van der Waals surface area contributed by atoms with Crippen LogP contribution in [-0.4, -0.2) is 57.0 Å². The lowest BCUT2D eigenvalue weighted by molar-refractivity contribution is -0.138. The molecule has 0 aliphatic carbocycles. The van der Waals surface area contributed by atoms with Crippen LogP contribution < -0.4 is 5.32 Å². The number of hydrogen-bond donors (Lipinski definition) is 3. The molecule has 0 amide bonds. The van der Waals surface area contributed by atoms with Gasteiger partial charge in [0.25, 0.3) is 0 Å². The molecule has 1 aliphatic heterocycles. The maximum absolute atomic E-state index is 12.9. The molecule has 0 bridgehead atoms. The predicted octanol–water partition coefficient (Wildman–Crippen LogP) is 3.40. The standard InChI is InChI=1S/C21H22F3N5O3/c1-12-16(10-25)20(26-14-3-2-7-29(11-14)8-6-18(31)32)28-27-19(12)15-5-4-13(9-17(15)30)21(22,23)24/h4-5,9,14,30H,2-3,6-8,11H2,1H3,(H,26,28)(H,31,32). The number of likely N-dealkylation sites (tertiary alicyclic amines) is 1. The first kappa shape index (κ1) is 23.3. The van der Waals surface area contributed by atoms with Crippen LogP contribution in [0.3, 0.4) is 0 Å². The van der Waals surface area contributed by atoms with Gasteiger partial charge in [0.1, 0.15) is 23.1 Å². The van der Waals surface area contributed by atoms with E-state index >= 15 is 0 Å². The number of phenolic OH excluding ortho intramolecular Hbond substituents is 1. The van der Waals surface area contributed by atoms with Gasteiger partial charge in [-0.3, -0.25) is 4.79 Å². The summed E-state index contributed by atoms with van der Waals surface area (Å²) >= 11 is 0. The average molecular weight is 449 g/mol. The summed E-state index contributed by atoms with van der Waals surface area (Å²) in [5, 5.41) is 40.0. The molecule has 2 aromatic rings. The Morgan fingerprint density at radius 2 is 2.12 bits per heavy atom. The normalized spacial score (nSPS) is 17.0. The van der Waals surface area contributed by atoms with Gasteiger partial charge in [0, 0.05) is 24.7 Å². The lowest BCUT2D eigenvalue weighted by Gasteiger charge is -2.33. The van der Waals surface area contributed by atoms with Gasteiger partial charge in [-0.15, -0.1) is 10.2 Å². The Labute approximate surface area is 182 Å². The molecule has 0 radical (unpaired) electrons. The summed E-state index contributed by atoms with van der Waals surface area (Å²) in [7, 11) is 0. The Kier molecular flexibility index (Phi) is 6.84. The number of rotatable bonds is 6. The highest BCUT2D eigenvalue weighted by Crippen LogP contribution is 2.37. The van der Waals surface area contributed by atoms with Crippen LogP contribution >= 0.6 is 0 Å². The summed E-state index contributed by atoms with van der Waals surface area (Å²) < 4.78 is 38.6.